The van der Waals surface area contributed by atoms with Crippen molar-refractivity contribution in [2.75, 3.05) is 0 Å². The molecule has 1 amide bonds. The van der Waals surface area contributed by atoms with Crippen LogP contribution in [0.25, 0.3) is 0 Å². The molecule has 0 atom stereocenters. The standard InChI is InChI=1S/C20H17FN2O5/c1-13-2-8-18(17(10-13)23(25)26)27-12-16-7-9-19(28-16)20(24)22-11-14-3-5-15(21)6-4-14/h2-10H,11-12H2,1H3,(H,22,24). The van der Waals surface area contributed by atoms with Gasteiger partial charge in [0, 0.05) is 12.6 Å². The highest BCUT2D eigenvalue weighted by Gasteiger charge is 2.16. The van der Waals surface area contributed by atoms with E-state index < -0.39 is 10.8 Å². The zero-order valence-electron chi connectivity index (χ0n) is 15.0. The summed E-state index contributed by atoms with van der Waals surface area (Å²) in [5, 5.41) is 13.8. The third-order valence-electron chi connectivity index (χ3n) is 3.93. The maximum absolute atomic E-state index is 12.9. The van der Waals surface area contributed by atoms with Crippen molar-refractivity contribution in [2.45, 2.75) is 20.1 Å². The summed E-state index contributed by atoms with van der Waals surface area (Å²) in [7, 11) is 0. The maximum atomic E-state index is 12.9. The molecule has 0 radical (unpaired) electrons. The molecular formula is C20H17FN2O5. The van der Waals surface area contributed by atoms with Gasteiger partial charge in [0.1, 0.15) is 18.2 Å². The number of nitrogens with zero attached hydrogens (tertiary/aromatic N) is 1. The third kappa shape index (κ3) is 4.73. The molecule has 0 aliphatic carbocycles. The zero-order chi connectivity index (χ0) is 20.1. The summed E-state index contributed by atoms with van der Waals surface area (Å²) in [6, 6.07) is 13.5. The average molecular weight is 384 g/mol. The van der Waals surface area contributed by atoms with Crippen molar-refractivity contribution in [1.29, 1.82) is 0 Å². The van der Waals surface area contributed by atoms with Crippen molar-refractivity contribution in [3.63, 3.8) is 0 Å². The number of furan rings is 1. The smallest absolute Gasteiger partial charge is 0.311 e. The Hall–Kier alpha value is -3.68. The van der Waals surface area contributed by atoms with Gasteiger partial charge in [-0.2, -0.15) is 0 Å². The molecule has 28 heavy (non-hydrogen) atoms. The first kappa shape index (κ1) is 19.1. The first-order valence-corrected chi connectivity index (χ1v) is 8.41. The minimum atomic E-state index is -0.515. The van der Waals surface area contributed by atoms with E-state index in [4.69, 9.17) is 9.15 Å². The van der Waals surface area contributed by atoms with E-state index in [2.05, 4.69) is 5.32 Å². The van der Waals surface area contributed by atoms with Gasteiger partial charge in [-0.1, -0.05) is 18.2 Å². The van der Waals surface area contributed by atoms with Crippen LogP contribution in [0.1, 0.15) is 27.4 Å². The van der Waals surface area contributed by atoms with Crippen LogP contribution in [-0.4, -0.2) is 10.8 Å². The molecule has 1 N–H and O–H groups in total. The van der Waals surface area contributed by atoms with Gasteiger partial charge in [0.05, 0.1) is 4.92 Å². The summed E-state index contributed by atoms with van der Waals surface area (Å²) >= 11 is 0. The lowest BCUT2D eigenvalue weighted by atomic mass is 10.2. The number of nitrogens with one attached hydrogen (secondary N) is 1. The van der Waals surface area contributed by atoms with Gasteiger partial charge < -0.3 is 14.5 Å². The number of amides is 1. The van der Waals surface area contributed by atoms with E-state index in [1.807, 2.05) is 0 Å². The fraction of sp³-hybridized carbons (Fsp3) is 0.150. The third-order valence-corrected chi connectivity index (χ3v) is 3.93. The lowest BCUT2D eigenvalue weighted by Gasteiger charge is -2.06. The number of halogens is 1. The molecule has 0 spiro atoms. The highest BCUT2D eigenvalue weighted by atomic mass is 19.1. The Morgan fingerprint density at radius 3 is 2.64 bits per heavy atom. The lowest BCUT2D eigenvalue weighted by molar-refractivity contribution is -0.386. The van der Waals surface area contributed by atoms with Crippen molar-refractivity contribution in [1.82, 2.24) is 5.32 Å². The highest BCUT2D eigenvalue weighted by molar-refractivity contribution is 5.91. The fourth-order valence-corrected chi connectivity index (χ4v) is 2.49. The molecule has 1 heterocycles. The van der Waals surface area contributed by atoms with Gasteiger partial charge >= 0.3 is 5.69 Å². The number of benzene rings is 2. The second-order valence-corrected chi connectivity index (χ2v) is 6.09. The topological polar surface area (TPSA) is 94.6 Å². The van der Waals surface area contributed by atoms with Crippen LogP contribution in [0.4, 0.5) is 10.1 Å². The molecule has 0 saturated carbocycles. The van der Waals surface area contributed by atoms with E-state index in [1.54, 1.807) is 31.2 Å². The van der Waals surface area contributed by atoms with Crippen LogP contribution in [0.15, 0.2) is 59.0 Å². The van der Waals surface area contributed by atoms with Crippen molar-refractivity contribution >= 4 is 11.6 Å². The molecule has 0 aliphatic rings. The molecule has 7 nitrogen and oxygen atoms in total. The predicted octanol–water partition coefficient (Wildman–Crippen LogP) is 4.14. The zero-order valence-corrected chi connectivity index (χ0v) is 15.0. The van der Waals surface area contributed by atoms with E-state index >= 15 is 0 Å². The predicted molar refractivity (Wildman–Crippen MR) is 98.4 cm³/mol. The van der Waals surface area contributed by atoms with Crippen LogP contribution >= 0.6 is 0 Å². The summed E-state index contributed by atoms with van der Waals surface area (Å²) in [4.78, 5) is 22.7. The first-order chi connectivity index (χ1) is 13.4. The molecule has 0 fully saturated rings. The number of ether oxygens (including phenoxy) is 1. The number of aryl methyl sites for hydroxylation is 1. The van der Waals surface area contributed by atoms with E-state index in [0.29, 0.717) is 5.76 Å². The van der Waals surface area contributed by atoms with E-state index in [0.717, 1.165) is 11.1 Å². The lowest BCUT2D eigenvalue weighted by Crippen LogP contribution is -2.22. The molecule has 3 rings (SSSR count). The van der Waals surface area contributed by atoms with E-state index in [1.165, 1.54) is 30.3 Å². The summed E-state index contributed by atoms with van der Waals surface area (Å²) in [6.45, 7) is 1.91. The summed E-state index contributed by atoms with van der Waals surface area (Å²) in [5.41, 5.74) is 1.36. The molecule has 0 unspecified atom stereocenters. The molecule has 0 aliphatic heterocycles. The Kier molecular flexibility index (Phi) is 5.69. The molecule has 2 aromatic carbocycles. The largest absolute Gasteiger partial charge is 0.479 e. The monoisotopic (exact) mass is 384 g/mol. The molecule has 3 aromatic rings. The van der Waals surface area contributed by atoms with Gasteiger partial charge in [-0.25, -0.2) is 4.39 Å². The number of hydrogen-bond donors (Lipinski definition) is 1. The normalized spacial score (nSPS) is 10.5. The fourth-order valence-electron chi connectivity index (χ4n) is 2.49. The SMILES string of the molecule is Cc1ccc(OCc2ccc(C(=O)NCc3ccc(F)cc3)o2)c([N+](=O)[O-])c1. The van der Waals surface area contributed by atoms with Gasteiger partial charge in [-0.15, -0.1) is 0 Å². The number of carbonyl (C=O) groups excluding carboxylic acids is 1. The minimum absolute atomic E-state index is 0.0604. The molecule has 8 heteroatoms. The van der Waals surface area contributed by atoms with Crippen LogP contribution in [-0.2, 0) is 13.2 Å². The number of nitro groups is 1. The molecule has 144 valence electrons. The van der Waals surface area contributed by atoms with Gasteiger partial charge in [0.15, 0.2) is 11.5 Å². The Morgan fingerprint density at radius 2 is 1.93 bits per heavy atom. The van der Waals surface area contributed by atoms with Crippen molar-refractivity contribution < 1.29 is 23.3 Å². The van der Waals surface area contributed by atoms with Crippen molar-refractivity contribution in [3.8, 4) is 5.75 Å². The average Bonchev–Trinajstić information content (AvgIpc) is 3.15. The van der Waals surface area contributed by atoms with Crippen LogP contribution in [0.3, 0.4) is 0 Å². The van der Waals surface area contributed by atoms with Gasteiger partial charge in [-0.05, 0) is 48.4 Å². The van der Waals surface area contributed by atoms with E-state index in [9.17, 15) is 19.3 Å². The molecule has 1 aromatic heterocycles. The first-order valence-electron chi connectivity index (χ1n) is 8.41. The summed E-state index contributed by atoms with van der Waals surface area (Å²) < 4.78 is 23.8. The molecule has 0 saturated heterocycles. The van der Waals surface area contributed by atoms with Gasteiger partial charge in [0.25, 0.3) is 5.91 Å². The second kappa shape index (κ2) is 8.34. The molecular weight excluding hydrogens is 367 g/mol. The summed E-state index contributed by atoms with van der Waals surface area (Å²) in [5.74, 6) is -0.230. The molecule has 0 bridgehead atoms. The van der Waals surface area contributed by atoms with Crippen LogP contribution in [0, 0.1) is 22.9 Å². The van der Waals surface area contributed by atoms with E-state index in [-0.39, 0.29) is 36.2 Å². The summed E-state index contributed by atoms with van der Waals surface area (Å²) in [6.07, 6.45) is 0. The number of carbonyl (C=O) groups is 1. The Bertz CT molecular complexity index is 998. The Balaban J connectivity index is 1.59. The number of nitro benzene ring substituents is 1. The van der Waals surface area contributed by atoms with Crippen LogP contribution in [0.5, 0.6) is 5.75 Å². The second-order valence-electron chi connectivity index (χ2n) is 6.09. The minimum Gasteiger partial charge on any atom is -0.479 e. The van der Waals surface area contributed by atoms with Crippen LogP contribution < -0.4 is 10.1 Å². The van der Waals surface area contributed by atoms with Gasteiger partial charge in [-0.3, -0.25) is 14.9 Å². The maximum Gasteiger partial charge on any atom is 0.311 e. The number of rotatable bonds is 7. The Labute approximate surface area is 159 Å². The quantitative estimate of drug-likeness (QED) is 0.488. The van der Waals surface area contributed by atoms with Crippen molar-refractivity contribution in [3.05, 3.63) is 93.2 Å². The Morgan fingerprint density at radius 1 is 1.18 bits per heavy atom. The van der Waals surface area contributed by atoms with Crippen LogP contribution in [0.2, 0.25) is 0 Å². The number of hydrogen-bond acceptors (Lipinski definition) is 5. The van der Waals surface area contributed by atoms with Gasteiger partial charge in [0.2, 0.25) is 0 Å². The highest BCUT2D eigenvalue weighted by Crippen LogP contribution is 2.28. The van der Waals surface area contributed by atoms with Crippen molar-refractivity contribution in [2.24, 2.45) is 0 Å².